The van der Waals surface area contributed by atoms with Gasteiger partial charge in [0, 0.05) is 42.4 Å². The van der Waals surface area contributed by atoms with Gasteiger partial charge in [-0.15, -0.1) is 0 Å². The molecular weight excluding hydrogens is 557 g/mol. The summed E-state index contributed by atoms with van der Waals surface area (Å²) < 4.78 is 26.7. The molecule has 2 aliphatic heterocycles. The van der Waals surface area contributed by atoms with E-state index in [2.05, 4.69) is 87.1 Å². The van der Waals surface area contributed by atoms with Crippen LogP contribution < -0.4 is 14.8 Å². The number of para-hydroxylation sites is 1. The molecule has 0 saturated carbocycles. The molecular formula is C35H50N3O4P. The van der Waals surface area contributed by atoms with Gasteiger partial charge in [-0.1, -0.05) is 38.0 Å². The highest BCUT2D eigenvalue weighted by Gasteiger charge is 2.35. The van der Waals surface area contributed by atoms with Crippen molar-refractivity contribution in [2.24, 2.45) is 0 Å². The first-order chi connectivity index (χ1) is 20.8. The molecule has 0 fully saturated rings. The summed E-state index contributed by atoms with van der Waals surface area (Å²) in [6, 6.07) is 17.7. The summed E-state index contributed by atoms with van der Waals surface area (Å²) in [6.07, 6.45) is 8.87. The van der Waals surface area contributed by atoms with Gasteiger partial charge in [0.15, 0.2) is 0 Å². The average molecular weight is 608 g/mol. The zero-order valence-corrected chi connectivity index (χ0v) is 27.8. The number of nitriles is 1. The van der Waals surface area contributed by atoms with Crippen LogP contribution in [0, 0.1) is 11.3 Å². The number of ether oxygens (including phenoxy) is 2. The Labute approximate surface area is 260 Å². The van der Waals surface area contributed by atoms with Crippen LogP contribution in [-0.2, 0) is 14.5 Å². The molecule has 0 saturated heterocycles. The molecule has 0 aromatic heterocycles. The zero-order chi connectivity index (χ0) is 30.8. The van der Waals surface area contributed by atoms with Gasteiger partial charge in [-0.25, -0.2) is 4.67 Å². The van der Waals surface area contributed by atoms with E-state index >= 15 is 0 Å². The van der Waals surface area contributed by atoms with Crippen molar-refractivity contribution in [2.45, 2.75) is 103 Å². The number of rotatable bonds is 14. The molecule has 0 radical (unpaired) electrons. The lowest BCUT2D eigenvalue weighted by Gasteiger charge is -2.36. The van der Waals surface area contributed by atoms with Crippen LogP contribution in [0.2, 0.25) is 0 Å². The fraction of sp³-hybridized carbons (Fsp3) is 0.571. The monoisotopic (exact) mass is 607 g/mol. The highest BCUT2D eigenvalue weighted by Crippen LogP contribution is 2.47. The number of hydrogen-bond acceptors (Lipinski definition) is 7. The van der Waals surface area contributed by atoms with Crippen LogP contribution in [-0.4, -0.2) is 49.7 Å². The normalized spacial score (nSPS) is 20.4. The van der Waals surface area contributed by atoms with Gasteiger partial charge >= 0.3 is 0 Å². The third kappa shape index (κ3) is 8.73. The Morgan fingerprint density at radius 3 is 2.58 bits per heavy atom. The number of fused-ring (bicyclic) bond motifs is 3. The Bertz CT molecular complexity index is 1250. The minimum atomic E-state index is -1.19. The van der Waals surface area contributed by atoms with Gasteiger partial charge in [-0.3, -0.25) is 0 Å². The van der Waals surface area contributed by atoms with E-state index in [-0.39, 0.29) is 11.5 Å². The van der Waals surface area contributed by atoms with E-state index in [9.17, 15) is 0 Å². The van der Waals surface area contributed by atoms with Crippen molar-refractivity contribution >= 4 is 20.3 Å². The number of unbranched alkanes of at least 4 members (excludes halogenated alkanes) is 2. The first kappa shape index (κ1) is 33.3. The molecule has 0 bridgehead atoms. The van der Waals surface area contributed by atoms with E-state index in [0.717, 1.165) is 62.1 Å². The summed E-state index contributed by atoms with van der Waals surface area (Å²) in [5, 5.41) is 12.7. The lowest BCUT2D eigenvalue weighted by atomic mass is 9.71. The van der Waals surface area contributed by atoms with Gasteiger partial charge in [0.05, 0.1) is 32.8 Å². The fourth-order valence-electron chi connectivity index (χ4n) is 6.31. The molecule has 2 aromatic rings. The molecule has 1 N–H and O–H groups in total. The van der Waals surface area contributed by atoms with Crippen molar-refractivity contribution in [3.05, 3.63) is 59.2 Å². The average Bonchev–Trinajstić information content (AvgIpc) is 3.03. The number of methoxy groups -OCH3 is 1. The van der Waals surface area contributed by atoms with Crippen molar-refractivity contribution in [1.82, 2.24) is 4.67 Å². The number of nitrogens with zero attached hydrogens (tertiary/aromatic N) is 2. The predicted octanol–water partition coefficient (Wildman–Crippen LogP) is 8.86. The third-order valence-electron chi connectivity index (χ3n) is 8.37. The van der Waals surface area contributed by atoms with Gasteiger partial charge in [0.25, 0.3) is 8.53 Å². The number of nitrogens with one attached hydrogen (secondary N) is 1. The Hall–Kier alpha value is -2.62. The Balaban J connectivity index is 1.43. The van der Waals surface area contributed by atoms with E-state index in [0.29, 0.717) is 31.7 Å². The standard InChI is InChI=1S/C35H50N3O4P/c1-26(2)38(27(3)4)43(41-22-12-19-36)40-21-11-7-10-18-35(5)25-29-23-28-15-16-30(39-6)24-34(28)42-33(29)17-20-37-32-14-9-8-13-31(32)35/h8-9,13-16,23-24,26-27,33,37H,7,10-12,17-18,20-22,25H2,1-6H3. The summed E-state index contributed by atoms with van der Waals surface area (Å²) in [7, 11) is 0.504. The van der Waals surface area contributed by atoms with Crippen molar-refractivity contribution < 1.29 is 18.5 Å². The molecule has 0 spiro atoms. The maximum atomic E-state index is 8.98. The number of hydrogen-bond donors (Lipinski definition) is 1. The van der Waals surface area contributed by atoms with Gasteiger partial charge in [0.1, 0.15) is 17.6 Å². The minimum absolute atomic E-state index is 0.0364. The van der Waals surface area contributed by atoms with E-state index in [1.165, 1.54) is 16.8 Å². The molecule has 43 heavy (non-hydrogen) atoms. The largest absolute Gasteiger partial charge is 0.497 e. The molecule has 2 aliphatic rings. The molecule has 3 atom stereocenters. The second-order valence-corrected chi connectivity index (χ2v) is 13.9. The van der Waals surface area contributed by atoms with Crippen molar-refractivity contribution in [3.63, 3.8) is 0 Å². The van der Waals surface area contributed by atoms with Crippen molar-refractivity contribution in [3.8, 4) is 17.6 Å². The lowest BCUT2D eigenvalue weighted by Crippen LogP contribution is -2.33. The van der Waals surface area contributed by atoms with Gasteiger partial charge < -0.3 is 23.8 Å². The Morgan fingerprint density at radius 1 is 1.07 bits per heavy atom. The van der Waals surface area contributed by atoms with Gasteiger partial charge in [-0.2, -0.15) is 5.26 Å². The highest BCUT2D eigenvalue weighted by molar-refractivity contribution is 7.44. The quantitative estimate of drug-likeness (QED) is 0.170. The maximum Gasteiger partial charge on any atom is 0.259 e. The predicted molar refractivity (Wildman–Crippen MR) is 177 cm³/mol. The van der Waals surface area contributed by atoms with Crippen LogP contribution in [0.3, 0.4) is 0 Å². The number of anilines is 1. The van der Waals surface area contributed by atoms with Crippen LogP contribution >= 0.6 is 8.53 Å². The molecule has 8 heteroatoms. The van der Waals surface area contributed by atoms with E-state index in [1.54, 1.807) is 7.11 Å². The second kappa shape index (κ2) is 15.9. The molecule has 2 aromatic carbocycles. The van der Waals surface area contributed by atoms with Gasteiger partial charge in [-0.05, 0) is 87.8 Å². The summed E-state index contributed by atoms with van der Waals surface area (Å²) in [4.78, 5) is 0. The smallest absolute Gasteiger partial charge is 0.259 e. The summed E-state index contributed by atoms with van der Waals surface area (Å²) in [5.74, 6) is 1.72. The third-order valence-corrected chi connectivity index (χ3v) is 10.5. The van der Waals surface area contributed by atoms with Crippen LogP contribution in [0.1, 0.15) is 90.7 Å². The van der Waals surface area contributed by atoms with E-state index in [4.69, 9.17) is 23.8 Å². The summed E-state index contributed by atoms with van der Waals surface area (Å²) >= 11 is 0. The molecule has 2 heterocycles. The second-order valence-electron chi connectivity index (χ2n) is 12.4. The van der Waals surface area contributed by atoms with E-state index < -0.39 is 8.53 Å². The molecule has 7 nitrogen and oxygen atoms in total. The molecule has 234 valence electrons. The molecule has 0 aliphatic carbocycles. The van der Waals surface area contributed by atoms with E-state index in [1.807, 2.05) is 12.1 Å². The topological polar surface area (TPSA) is 76.0 Å². The zero-order valence-electron chi connectivity index (χ0n) is 26.9. The van der Waals surface area contributed by atoms with Crippen LogP contribution in [0.4, 0.5) is 5.69 Å². The SMILES string of the molecule is COc1ccc2c(c1)OC1CCNc3ccccc3C(C)(CCCCCOP(OCCC#N)N(C(C)C)C(C)C)CC1=C2. The summed E-state index contributed by atoms with van der Waals surface area (Å²) in [6.45, 7) is 13.0. The van der Waals surface area contributed by atoms with Crippen LogP contribution in [0.25, 0.3) is 6.08 Å². The maximum absolute atomic E-state index is 8.98. The number of benzene rings is 2. The van der Waals surface area contributed by atoms with Crippen molar-refractivity contribution in [2.75, 3.05) is 32.2 Å². The van der Waals surface area contributed by atoms with Gasteiger partial charge in [0.2, 0.25) is 0 Å². The van der Waals surface area contributed by atoms with Crippen LogP contribution in [0.5, 0.6) is 11.5 Å². The first-order valence-electron chi connectivity index (χ1n) is 15.9. The first-order valence-corrected chi connectivity index (χ1v) is 17.0. The fourth-order valence-corrected chi connectivity index (χ4v) is 7.94. The Kier molecular flexibility index (Phi) is 12.3. The highest BCUT2D eigenvalue weighted by atomic mass is 31.2. The van der Waals surface area contributed by atoms with Crippen LogP contribution in [0.15, 0.2) is 48.0 Å². The molecule has 0 amide bonds. The van der Waals surface area contributed by atoms with Crippen molar-refractivity contribution in [1.29, 1.82) is 5.26 Å². The molecule has 4 rings (SSSR count). The molecule has 3 unspecified atom stereocenters. The summed E-state index contributed by atoms with van der Waals surface area (Å²) in [5.41, 5.74) is 5.06. The lowest BCUT2D eigenvalue weighted by molar-refractivity contribution is 0.174. The minimum Gasteiger partial charge on any atom is -0.497 e. The Morgan fingerprint density at radius 2 is 1.84 bits per heavy atom.